The smallest absolute Gasteiger partial charge is 0.228 e. The highest BCUT2D eigenvalue weighted by Crippen LogP contribution is 2.38. The average molecular weight is 442 g/mol. The second-order valence-electron chi connectivity index (χ2n) is 7.07. The first-order valence-corrected chi connectivity index (χ1v) is 10.2. The molecular formula is C22H17ClFN3O2S. The summed E-state index contributed by atoms with van der Waals surface area (Å²) in [5, 5.41) is 11.8. The lowest BCUT2D eigenvalue weighted by molar-refractivity contribution is 0.0739. The third-order valence-electron chi connectivity index (χ3n) is 4.23. The molecule has 152 valence electrons. The van der Waals surface area contributed by atoms with Crippen molar-refractivity contribution in [1.82, 2.24) is 15.0 Å². The highest BCUT2D eigenvalue weighted by Gasteiger charge is 2.21. The van der Waals surface area contributed by atoms with Crippen LogP contribution in [-0.4, -0.2) is 20.1 Å². The molecule has 4 aromatic rings. The Hall–Kier alpha value is -2.74. The molecule has 0 unspecified atom stereocenters. The van der Waals surface area contributed by atoms with Crippen LogP contribution in [0.4, 0.5) is 4.39 Å². The molecular weight excluding hydrogens is 425 g/mol. The molecule has 5 nitrogen and oxygen atoms in total. The molecule has 0 aliphatic rings. The number of hydrogen-bond acceptors (Lipinski definition) is 6. The highest BCUT2D eigenvalue weighted by molar-refractivity contribution is 7.99. The van der Waals surface area contributed by atoms with Crippen molar-refractivity contribution in [3.63, 3.8) is 0 Å². The lowest BCUT2D eigenvalue weighted by atomic mass is 10.0. The minimum atomic E-state index is -1.06. The molecule has 0 saturated carbocycles. The van der Waals surface area contributed by atoms with E-state index in [4.69, 9.17) is 16.0 Å². The Balaban J connectivity index is 1.77. The number of hydrogen-bond donors (Lipinski definition) is 1. The summed E-state index contributed by atoms with van der Waals surface area (Å²) in [7, 11) is 0. The molecule has 0 fully saturated rings. The summed E-state index contributed by atoms with van der Waals surface area (Å²) in [5.74, 6) is -0.0930. The monoisotopic (exact) mass is 441 g/mol. The van der Waals surface area contributed by atoms with Crippen LogP contribution in [0.25, 0.3) is 22.7 Å². The van der Waals surface area contributed by atoms with Gasteiger partial charge in [-0.05, 0) is 68.1 Å². The van der Waals surface area contributed by atoms with E-state index in [-0.39, 0.29) is 11.7 Å². The van der Waals surface area contributed by atoms with Gasteiger partial charge in [0.1, 0.15) is 22.1 Å². The second-order valence-corrected chi connectivity index (χ2v) is 8.50. The first-order valence-electron chi connectivity index (χ1n) is 9.05. The molecule has 0 atom stereocenters. The quantitative estimate of drug-likeness (QED) is 0.411. The number of oxazole rings is 1. The van der Waals surface area contributed by atoms with E-state index in [0.29, 0.717) is 37.7 Å². The van der Waals surface area contributed by atoms with E-state index in [1.807, 2.05) is 6.07 Å². The first kappa shape index (κ1) is 20.5. The molecule has 0 amide bonds. The summed E-state index contributed by atoms with van der Waals surface area (Å²) in [6.45, 7) is 3.33. The summed E-state index contributed by atoms with van der Waals surface area (Å²) in [6.07, 6.45) is 3.17. The Morgan fingerprint density at radius 2 is 1.87 bits per heavy atom. The van der Waals surface area contributed by atoms with Crippen molar-refractivity contribution in [3.05, 3.63) is 77.5 Å². The van der Waals surface area contributed by atoms with Crippen LogP contribution in [0.15, 0.2) is 75.5 Å². The maximum atomic E-state index is 13.7. The van der Waals surface area contributed by atoms with Crippen LogP contribution in [0.3, 0.4) is 0 Å². The number of rotatable bonds is 5. The molecule has 3 heterocycles. The van der Waals surface area contributed by atoms with Crippen LogP contribution in [0.5, 0.6) is 0 Å². The fourth-order valence-corrected chi connectivity index (χ4v) is 3.64. The summed E-state index contributed by atoms with van der Waals surface area (Å²) < 4.78 is 19.7. The molecule has 0 radical (unpaired) electrons. The SMILES string of the molecule is CC(C)(O)c1ccc(-c2nc(-c3cccc(F)c3)oc2Sc2ccc(Cl)cn2)cn1. The van der Waals surface area contributed by atoms with Crippen LogP contribution < -0.4 is 0 Å². The van der Waals surface area contributed by atoms with Gasteiger partial charge in [-0.3, -0.25) is 4.98 Å². The van der Waals surface area contributed by atoms with Crippen LogP contribution in [0, 0.1) is 5.82 Å². The largest absolute Gasteiger partial charge is 0.429 e. The van der Waals surface area contributed by atoms with Gasteiger partial charge in [-0.1, -0.05) is 17.7 Å². The molecule has 3 aromatic heterocycles. The van der Waals surface area contributed by atoms with Crippen molar-refractivity contribution in [3.8, 4) is 22.7 Å². The summed E-state index contributed by atoms with van der Waals surface area (Å²) in [6, 6.07) is 13.1. The molecule has 0 aliphatic heterocycles. The number of nitrogens with zero attached hydrogens (tertiary/aromatic N) is 3. The normalized spacial score (nSPS) is 11.6. The summed E-state index contributed by atoms with van der Waals surface area (Å²) in [4.78, 5) is 13.2. The zero-order valence-electron chi connectivity index (χ0n) is 16.1. The Morgan fingerprint density at radius 3 is 2.50 bits per heavy atom. The fourth-order valence-electron chi connectivity index (χ4n) is 2.72. The number of aliphatic hydroxyl groups is 1. The van der Waals surface area contributed by atoms with Crippen LogP contribution in [0.1, 0.15) is 19.5 Å². The molecule has 0 aliphatic carbocycles. The average Bonchev–Trinajstić information content (AvgIpc) is 3.13. The molecule has 0 saturated heterocycles. The van der Waals surface area contributed by atoms with Crippen LogP contribution in [-0.2, 0) is 5.60 Å². The zero-order chi connectivity index (χ0) is 21.3. The van der Waals surface area contributed by atoms with E-state index in [2.05, 4.69) is 15.0 Å². The number of benzene rings is 1. The molecule has 1 aromatic carbocycles. The van der Waals surface area contributed by atoms with Gasteiger partial charge in [-0.2, -0.15) is 0 Å². The maximum Gasteiger partial charge on any atom is 0.228 e. The molecule has 0 bridgehead atoms. The predicted octanol–water partition coefficient (Wildman–Crippen LogP) is 5.97. The molecule has 0 spiro atoms. The zero-order valence-corrected chi connectivity index (χ0v) is 17.7. The molecule has 30 heavy (non-hydrogen) atoms. The van der Waals surface area contributed by atoms with E-state index < -0.39 is 5.60 Å². The van der Waals surface area contributed by atoms with Crippen LogP contribution in [0.2, 0.25) is 5.02 Å². The minimum absolute atomic E-state index is 0.285. The lowest BCUT2D eigenvalue weighted by Crippen LogP contribution is -2.17. The number of halogens is 2. The fraction of sp³-hybridized carbons (Fsp3) is 0.136. The van der Waals surface area contributed by atoms with E-state index in [0.717, 1.165) is 0 Å². The lowest BCUT2D eigenvalue weighted by Gasteiger charge is -2.16. The van der Waals surface area contributed by atoms with Crippen molar-refractivity contribution in [2.24, 2.45) is 0 Å². The van der Waals surface area contributed by atoms with Gasteiger partial charge >= 0.3 is 0 Å². The third-order valence-corrected chi connectivity index (χ3v) is 5.37. The Bertz CT molecular complexity index is 1170. The molecule has 4 rings (SSSR count). The van der Waals surface area contributed by atoms with Crippen LogP contribution >= 0.6 is 23.4 Å². The van der Waals surface area contributed by atoms with Crippen molar-refractivity contribution in [2.75, 3.05) is 0 Å². The minimum Gasteiger partial charge on any atom is -0.429 e. The highest BCUT2D eigenvalue weighted by atomic mass is 35.5. The van der Waals surface area contributed by atoms with E-state index in [1.165, 1.54) is 23.9 Å². The van der Waals surface area contributed by atoms with Crippen molar-refractivity contribution < 1.29 is 13.9 Å². The Kier molecular flexibility index (Phi) is 5.60. The van der Waals surface area contributed by atoms with Crippen molar-refractivity contribution in [1.29, 1.82) is 0 Å². The Labute approximate surface area is 182 Å². The molecule has 8 heteroatoms. The Morgan fingerprint density at radius 1 is 1.03 bits per heavy atom. The van der Waals surface area contributed by atoms with E-state index >= 15 is 0 Å². The topological polar surface area (TPSA) is 72.0 Å². The standard InChI is InChI=1S/C22H17ClFN3O2S/c1-22(2,28)17-8-6-14(11-25-17)19-21(30-18-9-7-15(23)12-26-18)29-20(27-19)13-4-3-5-16(24)10-13/h3-12,28H,1-2H3. The van der Waals surface area contributed by atoms with Gasteiger partial charge in [-0.25, -0.2) is 14.4 Å². The third kappa shape index (κ3) is 4.53. The van der Waals surface area contributed by atoms with E-state index in [9.17, 15) is 9.50 Å². The predicted molar refractivity (Wildman–Crippen MR) is 114 cm³/mol. The number of pyridine rings is 2. The van der Waals surface area contributed by atoms with Gasteiger partial charge in [-0.15, -0.1) is 0 Å². The van der Waals surface area contributed by atoms with E-state index in [1.54, 1.807) is 56.6 Å². The van der Waals surface area contributed by atoms with Gasteiger partial charge in [0.25, 0.3) is 0 Å². The summed E-state index contributed by atoms with van der Waals surface area (Å²) in [5.41, 5.74) is 1.25. The second kappa shape index (κ2) is 8.18. The maximum absolute atomic E-state index is 13.7. The van der Waals surface area contributed by atoms with Crippen molar-refractivity contribution in [2.45, 2.75) is 29.6 Å². The first-order chi connectivity index (χ1) is 14.3. The van der Waals surface area contributed by atoms with Gasteiger partial charge in [0.2, 0.25) is 5.89 Å². The number of aromatic nitrogens is 3. The summed E-state index contributed by atoms with van der Waals surface area (Å²) >= 11 is 7.20. The molecule has 1 N–H and O–H groups in total. The van der Waals surface area contributed by atoms with Gasteiger partial charge in [0.05, 0.1) is 10.7 Å². The van der Waals surface area contributed by atoms with Gasteiger partial charge < -0.3 is 9.52 Å². The van der Waals surface area contributed by atoms with Crippen molar-refractivity contribution >= 4 is 23.4 Å². The van der Waals surface area contributed by atoms with Gasteiger partial charge in [0.15, 0.2) is 5.09 Å². The van der Waals surface area contributed by atoms with Gasteiger partial charge in [0, 0.05) is 23.5 Å².